The Morgan fingerprint density at radius 3 is 2.82 bits per heavy atom. The van der Waals surface area contributed by atoms with Crippen LogP contribution < -0.4 is 5.32 Å². The Labute approximate surface area is 128 Å². The number of hydrogen-bond acceptors (Lipinski definition) is 3. The Morgan fingerprint density at radius 1 is 1.59 bits per heavy atom. The van der Waals surface area contributed by atoms with E-state index in [4.69, 9.17) is 0 Å². The van der Waals surface area contributed by atoms with E-state index in [2.05, 4.69) is 44.1 Å². The number of halogens is 3. The summed E-state index contributed by atoms with van der Waals surface area (Å²) in [6.07, 6.45) is 0. The van der Waals surface area contributed by atoms with Crippen LogP contribution in [0, 0.1) is 0 Å². The fraction of sp³-hybridized carbons (Fsp3) is 0.500. The van der Waals surface area contributed by atoms with E-state index in [-0.39, 0.29) is 24.4 Å². The standard InChI is InChI=1S/C10H12Br2N2OS.ClH/c1-6-5-13-2-3-14(6)10(15)7-4-8(11)16-9(7)12;/h4,6,13H,2-3,5H2,1H3;1H/t6-;/m0./s1. The van der Waals surface area contributed by atoms with Crippen LogP contribution in [0.4, 0.5) is 0 Å². The molecule has 1 atom stereocenters. The molecule has 0 radical (unpaired) electrons. The summed E-state index contributed by atoms with van der Waals surface area (Å²) in [5, 5.41) is 3.28. The molecule has 17 heavy (non-hydrogen) atoms. The summed E-state index contributed by atoms with van der Waals surface area (Å²) >= 11 is 8.36. The van der Waals surface area contributed by atoms with Gasteiger partial charge in [0.1, 0.15) is 0 Å². The zero-order chi connectivity index (χ0) is 11.7. The molecular formula is C10H13Br2ClN2OS. The zero-order valence-corrected chi connectivity index (χ0v) is 14.0. The van der Waals surface area contributed by atoms with Crippen LogP contribution in [0.3, 0.4) is 0 Å². The van der Waals surface area contributed by atoms with E-state index in [9.17, 15) is 4.79 Å². The van der Waals surface area contributed by atoms with Crippen LogP contribution in [-0.2, 0) is 0 Å². The van der Waals surface area contributed by atoms with Crippen LogP contribution in [-0.4, -0.2) is 36.5 Å². The highest BCUT2D eigenvalue weighted by Crippen LogP contribution is 2.32. The van der Waals surface area contributed by atoms with E-state index < -0.39 is 0 Å². The van der Waals surface area contributed by atoms with Gasteiger partial charge in [0.25, 0.3) is 5.91 Å². The van der Waals surface area contributed by atoms with Crippen molar-refractivity contribution in [1.82, 2.24) is 10.2 Å². The zero-order valence-electron chi connectivity index (χ0n) is 9.20. The van der Waals surface area contributed by atoms with Crippen molar-refractivity contribution < 1.29 is 4.79 Å². The fourth-order valence-electron chi connectivity index (χ4n) is 1.78. The first-order chi connectivity index (χ1) is 7.59. The van der Waals surface area contributed by atoms with Crippen molar-refractivity contribution in [2.75, 3.05) is 19.6 Å². The number of hydrogen-bond donors (Lipinski definition) is 1. The van der Waals surface area contributed by atoms with Crippen molar-refractivity contribution in [3.8, 4) is 0 Å². The Morgan fingerprint density at radius 2 is 2.29 bits per heavy atom. The molecule has 1 saturated heterocycles. The molecule has 1 aliphatic heterocycles. The first kappa shape index (κ1) is 15.4. The normalized spacial score (nSPS) is 19.9. The molecule has 0 aliphatic carbocycles. The summed E-state index contributed by atoms with van der Waals surface area (Å²) in [5.41, 5.74) is 0.755. The number of rotatable bonds is 1. The maximum Gasteiger partial charge on any atom is 0.256 e. The summed E-state index contributed by atoms with van der Waals surface area (Å²) < 4.78 is 1.88. The highest BCUT2D eigenvalue weighted by Gasteiger charge is 2.26. The molecule has 2 rings (SSSR count). The molecule has 96 valence electrons. The second-order valence-corrected chi connectivity index (χ2v) is 7.54. The Balaban J connectivity index is 0.00000144. The molecule has 3 nitrogen and oxygen atoms in total. The van der Waals surface area contributed by atoms with Gasteiger partial charge in [-0.1, -0.05) is 0 Å². The van der Waals surface area contributed by atoms with Gasteiger partial charge in [-0.2, -0.15) is 0 Å². The van der Waals surface area contributed by atoms with Crippen molar-refractivity contribution in [3.05, 3.63) is 19.2 Å². The largest absolute Gasteiger partial charge is 0.333 e. The Hall–Kier alpha value is 0.380. The monoisotopic (exact) mass is 402 g/mol. The van der Waals surface area contributed by atoms with Crippen LogP contribution in [0.15, 0.2) is 13.6 Å². The molecule has 1 fully saturated rings. The molecule has 0 aromatic carbocycles. The molecule has 1 aromatic rings. The molecule has 1 N–H and O–H groups in total. The second-order valence-electron chi connectivity index (χ2n) is 3.79. The SMILES string of the molecule is C[C@H]1CNCCN1C(=O)c1cc(Br)sc1Br.Cl. The lowest BCUT2D eigenvalue weighted by Crippen LogP contribution is -2.52. The Bertz CT molecular complexity index is 413. The number of piperazine rings is 1. The lowest BCUT2D eigenvalue weighted by atomic mass is 10.2. The van der Waals surface area contributed by atoms with Crippen LogP contribution >= 0.6 is 55.6 Å². The fourth-order valence-corrected chi connectivity index (χ4v) is 4.56. The smallest absolute Gasteiger partial charge is 0.256 e. The Kier molecular flexibility index (Phi) is 5.92. The number of thiophene rings is 1. The van der Waals surface area contributed by atoms with Crippen LogP contribution in [0.5, 0.6) is 0 Å². The lowest BCUT2D eigenvalue weighted by Gasteiger charge is -2.33. The van der Waals surface area contributed by atoms with E-state index in [0.29, 0.717) is 0 Å². The van der Waals surface area contributed by atoms with Gasteiger partial charge in [0.15, 0.2) is 0 Å². The highest BCUT2D eigenvalue weighted by atomic mass is 79.9. The van der Waals surface area contributed by atoms with Gasteiger partial charge >= 0.3 is 0 Å². The number of carbonyl (C=O) groups is 1. The molecule has 0 spiro atoms. The lowest BCUT2D eigenvalue weighted by molar-refractivity contribution is 0.0655. The third kappa shape index (κ3) is 3.44. The van der Waals surface area contributed by atoms with Gasteiger partial charge in [0.05, 0.1) is 13.1 Å². The molecule has 0 saturated carbocycles. The van der Waals surface area contributed by atoms with Crippen molar-refractivity contribution in [1.29, 1.82) is 0 Å². The van der Waals surface area contributed by atoms with E-state index in [1.54, 1.807) is 0 Å². The third-order valence-corrected chi connectivity index (χ3v) is 4.99. The van der Waals surface area contributed by atoms with E-state index in [1.165, 1.54) is 11.3 Å². The molecule has 1 aliphatic rings. The number of amides is 1. The number of nitrogens with one attached hydrogen (secondary N) is 1. The predicted octanol–water partition coefficient (Wildman–Crippen LogP) is 3.13. The average molecular weight is 405 g/mol. The van der Waals surface area contributed by atoms with E-state index >= 15 is 0 Å². The molecule has 1 aromatic heterocycles. The number of nitrogens with zero attached hydrogens (tertiary/aromatic N) is 1. The quantitative estimate of drug-likeness (QED) is 0.780. The highest BCUT2D eigenvalue weighted by molar-refractivity contribution is 9.12. The van der Waals surface area contributed by atoms with Gasteiger partial charge in [0.2, 0.25) is 0 Å². The van der Waals surface area contributed by atoms with Gasteiger partial charge < -0.3 is 10.2 Å². The summed E-state index contributed by atoms with van der Waals surface area (Å²) in [6.45, 7) is 4.59. The maximum absolute atomic E-state index is 12.3. The molecular weight excluding hydrogens is 391 g/mol. The van der Waals surface area contributed by atoms with Crippen molar-refractivity contribution >= 4 is 61.5 Å². The predicted molar refractivity (Wildman–Crippen MR) is 80.3 cm³/mol. The minimum Gasteiger partial charge on any atom is -0.333 e. The second kappa shape index (κ2) is 6.52. The third-order valence-electron chi connectivity index (χ3n) is 2.65. The summed E-state index contributed by atoms with van der Waals surface area (Å²) in [4.78, 5) is 14.2. The van der Waals surface area contributed by atoms with Crippen molar-refractivity contribution in [2.45, 2.75) is 13.0 Å². The minimum absolute atomic E-state index is 0. The summed E-state index contributed by atoms with van der Waals surface area (Å²) in [5.74, 6) is 0.114. The van der Waals surface area contributed by atoms with Crippen molar-refractivity contribution in [2.24, 2.45) is 0 Å². The minimum atomic E-state index is 0. The van der Waals surface area contributed by atoms with Crippen LogP contribution in [0.1, 0.15) is 17.3 Å². The van der Waals surface area contributed by atoms with Crippen LogP contribution in [0.2, 0.25) is 0 Å². The topological polar surface area (TPSA) is 32.3 Å². The van der Waals surface area contributed by atoms with E-state index in [0.717, 1.165) is 32.8 Å². The maximum atomic E-state index is 12.3. The van der Waals surface area contributed by atoms with E-state index in [1.807, 2.05) is 11.0 Å². The summed E-state index contributed by atoms with van der Waals surface area (Å²) in [7, 11) is 0. The molecule has 1 amide bonds. The van der Waals surface area contributed by atoms with Crippen molar-refractivity contribution in [3.63, 3.8) is 0 Å². The molecule has 0 unspecified atom stereocenters. The number of carbonyl (C=O) groups excluding carboxylic acids is 1. The van der Waals surface area contributed by atoms with Gasteiger partial charge in [-0.25, -0.2) is 0 Å². The van der Waals surface area contributed by atoms with Gasteiger partial charge in [-0.15, -0.1) is 23.7 Å². The molecule has 7 heteroatoms. The molecule has 2 heterocycles. The van der Waals surface area contributed by atoms with Gasteiger partial charge in [0, 0.05) is 25.7 Å². The molecule has 0 bridgehead atoms. The first-order valence-electron chi connectivity index (χ1n) is 5.06. The van der Waals surface area contributed by atoms with Crippen LogP contribution in [0.25, 0.3) is 0 Å². The van der Waals surface area contributed by atoms with Gasteiger partial charge in [-0.05, 0) is 44.8 Å². The summed E-state index contributed by atoms with van der Waals surface area (Å²) in [6, 6.07) is 2.14. The van der Waals surface area contributed by atoms with Gasteiger partial charge in [-0.3, -0.25) is 4.79 Å². The first-order valence-corrected chi connectivity index (χ1v) is 7.46. The average Bonchev–Trinajstić information content (AvgIpc) is 2.58.